The number of rotatable bonds is 7. The first-order chi connectivity index (χ1) is 8.69. The van der Waals surface area contributed by atoms with Crippen molar-refractivity contribution in [2.24, 2.45) is 5.92 Å². The van der Waals surface area contributed by atoms with Crippen molar-refractivity contribution in [2.75, 3.05) is 13.7 Å². The van der Waals surface area contributed by atoms with Crippen LogP contribution in [0.4, 0.5) is 0 Å². The van der Waals surface area contributed by atoms with Crippen molar-refractivity contribution in [1.82, 2.24) is 5.32 Å². The van der Waals surface area contributed by atoms with E-state index in [4.69, 9.17) is 9.47 Å². The Morgan fingerprint density at radius 2 is 2.06 bits per heavy atom. The lowest BCUT2D eigenvalue weighted by molar-refractivity contribution is 0.280. The molecule has 0 atom stereocenters. The predicted octanol–water partition coefficient (Wildman–Crippen LogP) is 2.98. The minimum Gasteiger partial charge on any atom is -0.493 e. The van der Waals surface area contributed by atoms with E-state index in [9.17, 15) is 0 Å². The van der Waals surface area contributed by atoms with Gasteiger partial charge < -0.3 is 14.8 Å². The molecule has 0 heterocycles. The zero-order valence-electron chi connectivity index (χ0n) is 11.5. The molecule has 100 valence electrons. The molecule has 1 aliphatic carbocycles. The van der Waals surface area contributed by atoms with Gasteiger partial charge in [-0.3, -0.25) is 0 Å². The summed E-state index contributed by atoms with van der Waals surface area (Å²) in [5, 5.41) is 3.41. The van der Waals surface area contributed by atoms with E-state index in [0.29, 0.717) is 6.04 Å². The van der Waals surface area contributed by atoms with Gasteiger partial charge in [0.15, 0.2) is 11.5 Å². The maximum absolute atomic E-state index is 5.85. The van der Waals surface area contributed by atoms with E-state index < -0.39 is 0 Å². The molecule has 1 aliphatic rings. The molecule has 1 fully saturated rings. The lowest BCUT2D eigenvalue weighted by atomic mass is 10.2. The van der Waals surface area contributed by atoms with Gasteiger partial charge >= 0.3 is 0 Å². The van der Waals surface area contributed by atoms with Crippen LogP contribution in [-0.2, 0) is 6.54 Å². The first kappa shape index (κ1) is 13.2. The number of nitrogens with one attached hydrogen (secondary N) is 1. The Hall–Kier alpha value is -1.22. The first-order valence-corrected chi connectivity index (χ1v) is 6.72. The Morgan fingerprint density at radius 1 is 1.28 bits per heavy atom. The van der Waals surface area contributed by atoms with Gasteiger partial charge in [0.1, 0.15) is 0 Å². The third kappa shape index (κ3) is 3.91. The minimum absolute atomic E-state index is 0.489. The highest BCUT2D eigenvalue weighted by molar-refractivity contribution is 5.43. The Kier molecular flexibility index (Phi) is 4.48. The summed E-state index contributed by atoms with van der Waals surface area (Å²) in [5.74, 6) is 2.45. The molecule has 0 saturated heterocycles. The number of hydrogen-bond donors (Lipinski definition) is 1. The highest BCUT2D eigenvalue weighted by Crippen LogP contribution is 2.33. The molecular formula is C15H23NO2. The van der Waals surface area contributed by atoms with Crippen LogP contribution < -0.4 is 14.8 Å². The van der Waals surface area contributed by atoms with E-state index in [1.807, 2.05) is 6.07 Å². The van der Waals surface area contributed by atoms with E-state index in [2.05, 4.69) is 31.3 Å². The molecule has 0 radical (unpaired) electrons. The fourth-order valence-electron chi connectivity index (χ4n) is 1.76. The second-order valence-corrected chi connectivity index (χ2v) is 5.28. The lowest BCUT2D eigenvalue weighted by Crippen LogP contribution is -2.21. The zero-order chi connectivity index (χ0) is 13.0. The molecule has 2 rings (SSSR count). The molecule has 1 aromatic carbocycles. The Morgan fingerprint density at radius 3 is 2.67 bits per heavy atom. The molecule has 0 aliphatic heterocycles. The number of hydrogen-bond acceptors (Lipinski definition) is 3. The third-order valence-electron chi connectivity index (χ3n) is 3.11. The summed E-state index contributed by atoms with van der Waals surface area (Å²) in [4.78, 5) is 0. The van der Waals surface area contributed by atoms with Crippen molar-refractivity contribution in [3.63, 3.8) is 0 Å². The standard InChI is InChI=1S/C15H23NO2/c1-11(2)16-9-13-6-7-14(17-3)15(8-13)18-10-12-4-5-12/h6-8,11-12,16H,4-5,9-10H2,1-3H3. The van der Waals surface area contributed by atoms with Crippen LogP contribution in [0, 0.1) is 5.92 Å². The second kappa shape index (κ2) is 6.10. The van der Waals surface area contributed by atoms with Crippen LogP contribution in [0.2, 0.25) is 0 Å². The van der Waals surface area contributed by atoms with Crippen molar-refractivity contribution >= 4 is 0 Å². The SMILES string of the molecule is COc1ccc(CNC(C)C)cc1OCC1CC1. The largest absolute Gasteiger partial charge is 0.493 e. The summed E-state index contributed by atoms with van der Waals surface area (Å²) >= 11 is 0. The summed E-state index contributed by atoms with van der Waals surface area (Å²) in [6.45, 7) is 5.97. The molecule has 0 aromatic heterocycles. The van der Waals surface area contributed by atoms with Crippen molar-refractivity contribution < 1.29 is 9.47 Å². The van der Waals surface area contributed by atoms with Crippen LogP contribution in [0.25, 0.3) is 0 Å². The minimum atomic E-state index is 0.489. The first-order valence-electron chi connectivity index (χ1n) is 6.72. The fraction of sp³-hybridized carbons (Fsp3) is 0.600. The summed E-state index contributed by atoms with van der Waals surface area (Å²) in [6, 6.07) is 6.64. The van der Waals surface area contributed by atoms with Crippen LogP contribution in [0.3, 0.4) is 0 Å². The van der Waals surface area contributed by atoms with Crippen molar-refractivity contribution in [3.8, 4) is 11.5 Å². The molecule has 0 bridgehead atoms. The van der Waals surface area contributed by atoms with Crippen molar-refractivity contribution in [1.29, 1.82) is 0 Å². The van der Waals surface area contributed by atoms with Crippen LogP contribution in [-0.4, -0.2) is 19.8 Å². The van der Waals surface area contributed by atoms with Gasteiger partial charge in [-0.2, -0.15) is 0 Å². The van der Waals surface area contributed by atoms with Gasteiger partial charge in [0, 0.05) is 12.6 Å². The molecule has 18 heavy (non-hydrogen) atoms. The molecule has 0 spiro atoms. The Balaban J connectivity index is 2.00. The van der Waals surface area contributed by atoms with Gasteiger partial charge in [-0.15, -0.1) is 0 Å². The normalized spacial score (nSPS) is 14.9. The Bertz CT molecular complexity index is 386. The highest BCUT2D eigenvalue weighted by atomic mass is 16.5. The zero-order valence-corrected chi connectivity index (χ0v) is 11.5. The number of methoxy groups -OCH3 is 1. The van der Waals surface area contributed by atoms with Gasteiger partial charge in [-0.1, -0.05) is 19.9 Å². The molecule has 1 saturated carbocycles. The maximum Gasteiger partial charge on any atom is 0.161 e. The molecule has 0 unspecified atom stereocenters. The fourth-order valence-corrected chi connectivity index (χ4v) is 1.76. The second-order valence-electron chi connectivity index (χ2n) is 5.28. The molecule has 1 N–H and O–H groups in total. The smallest absolute Gasteiger partial charge is 0.161 e. The summed E-state index contributed by atoms with van der Waals surface area (Å²) in [5.41, 5.74) is 1.23. The van der Waals surface area contributed by atoms with E-state index >= 15 is 0 Å². The average Bonchev–Trinajstić information content (AvgIpc) is 3.18. The van der Waals surface area contributed by atoms with E-state index in [1.54, 1.807) is 7.11 Å². The lowest BCUT2D eigenvalue weighted by Gasteiger charge is -2.13. The monoisotopic (exact) mass is 249 g/mol. The topological polar surface area (TPSA) is 30.5 Å². The predicted molar refractivity (Wildman–Crippen MR) is 73.2 cm³/mol. The average molecular weight is 249 g/mol. The quantitative estimate of drug-likeness (QED) is 0.806. The van der Waals surface area contributed by atoms with Crippen molar-refractivity contribution in [2.45, 2.75) is 39.3 Å². The van der Waals surface area contributed by atoms with Crippen LogP contribution in [0.1, 0.15) is 32.3 Å². The molecular weight excluding hydrogens is 226 g/mol. The molecule has 1 aromatic rings. The van der Waals surface area contributed by atoms with E-state index in [1.165, 1.54) is 18.4 Å². The number of ether oxygens (including phenoxy) is 2. The van der Waals surface area contributed by atoms with Crippen LogP contribution >= 0.6 is 0 Å². The summed E-state index contributed by atoms with van der Waals surface area (Å²) in [7, 11) is 1.69. The van der Waals surface area contributed by atoms with Crippen LogP contribution in [0.5, 0.6) is 11.5 Å². The highest BCUT2D eigenvalue weighted by Gasteiger charge is 2.22. The molecule has 0 amide bonds. The van der Waals surface area contributed by atoms with Crippen molar-refractivity contribution in [3.05, 3.63) is 23.8 Å². The van der Waals surface area contributed by atoms with Crippen LogP contribution in [0.15, 0.2) is 18.2 Å². The number of benzene rings is 1. The van der Waals surface area contributed by atoms with Gasteiger partial charge in [0.05, 0.1) is 13.7 Å². The van der Waals surface area contributed by atoms with Gasteiger partial charge in [0.2, 0.25) is 0 Å². The van der Waals surface area contributed by atoms with E-state index in [0.717, 1.165) is 30.6 Å². The summed E-state index contributed by atoms with van der Waals surface area (Å²) < 4.78 is 11.2. The van der Waals surface area contributed by atoms with Gasteiger partial charge in [-0.25, -0.2) is 0 Å². The van der Waals surface area contributed by atoms with Gasteiger partial charge in [-0.05, 0) is 36.5 Å². The molecule has 3 nitrogen and oxygen atoms in total. The molecule has 3 heteroatoms. The van der Waals surface area contributed by atoms with Gasteiger partial charge in [0.25, 0.3) is 0 Å². The third-order valence-corrected chi connectivity index (χ3v) is 3.11. The maximum atomic E-state index is 5.85. The van der Waals surface area contributed by atoms with E-state index in [-0.39, 0.29) is 0 Å². The summed E-state index contributed by atoms with van der Waals surface area (Å²) in [6.07, 6.45) is 2.60. The Labute approximate surface area is 109 Å².